The number of rotatable bonds is 6. The van der Waals surface area contributed by atoms with Gasteiger partial charge in [0.1, 0.15) is 0 Å². The summed E-state index contributed by atoms with van der Waals surface area (Å²) in [6, 6.07) is 7.46. The van der Waals surface area contributed by atoms with Gasteiger partial charge in [0.15, 0.2) is 0 Å². The van der Waals surface area contributed by atoms with Gasteiger partial charge in [-0.2, -0.15) is 0 Å². The summed E-state index contributed by atoms with van der Waals surface area (Å²) in [6.45, 7) is 2.62. The molecule has 2 aliphatic carbocycles. The molecular weight excluding hydrogens is 284 g/mol. The number of fused-ring (bicyclic) bond motifs is 2. The van der Waals surface area contributed by atoms with Gasteiger partial charge in [0.05, 0.1) is 5.75 Å². The maximum Gasteiger partial charge on any atom is 0.232 e. The fraction of sp³-hybridized carbons (Fsp3) is 0.500. The minimum absolute atomic E-state index is 0.0880. The van der Waals surface area contributed by atoms with E-state index in [0.29, 0.717) is 5.69 Å². The summed E-state index contributed by atoms with van der Waals surface area (Å²) < 4.78 is 25.5. The zero-order valence-electron chi connectivity index (χ0n) is 12.2. The van der Waals surface area contributed by atoms with Crippen molar-refractivity contribution in [2.24, 2.45) is 17.8 Å². The second kappa shape index (κ2) is 5.72. The van der Waals surface area contributed by atoms with Crippen LogP contribution in [0.5, 0.6) is 0 Å². The van der Waals surface area contributed by atoms with Crippen LogP contribution >= 0.6 is 0 Å². The third-order valence-electron chi connectivity index (χ3n) is 4.52. The molecule has 114 valence electrons. The topological polar surface area (TPSA) is 58.2 Å². The van der Waals surface area contributed by atoms with Crippen LogP contribution < -0.4 is 10.0 Å². The molecule has 0 aliphatic heterocycles. The summed E-state index contributed by atoms with van der Waals surface area (Å²) in [4.78, 5) is 0. The minimum atomic E-state index is -3.19. The molecule has 2 aliphatic rings. The molecular formula is C16H22N2O2S. The monoisotopic (exact) mass is 306 g/mol. The molecule has 0 heterocycles. The molecule has 1 aromatic carbocycles. The van der Waals surface area contributed by atoms with Crippen molar-refractivity contribution in [1.29, 1.82) is 0 Å². The molecule has 3 rings (SSSR count). The van der Waals surface area contributed by atoms with Crippen molar-refractivity contribution in [3.63, 3.8) is 0 Å². The maximum atomic E-state index is 11.5. The van der Waals surface area contributed by atoms with Gasteiger partial charge in [-0.3, -0.25) is 4.72 Å². The normalized spacial score (nSPS) is 27.0. The predicted octanol–water partition coefficient (Wildman–Crippen LogP) is 3.07. The Morgan fingerprint density at radius 3 is 2.38 bits per heavy atom. The Balaban J connectivity index is 1.54. The first-order valence-corrected chi connectivity index (χ1v) is 9.24. The number of hydrogen-bond acceptors (Lipinski definition) is 3. The van der Waals surface area contributed by atoms with Crippen molar-refractivity contribution in [3.8, 4) is 0 Å². The molecule has 4 nitrogen and oxygen atoms in total. The number of allylic oxidation sites excluding steroid dienone is 2. The van der Waals surface area contributed by atoms with Gasteiger partial charge >= 0.3 is 0 Å². The summed E-state index contributed by atoms with van der Waals surface area (Å²) in [5.74, 6) is 2.37. The van der Waals surface area contributed by atoms with Crippen LogP contribution in [0.15, 0.2) is 36.4 Å². The highest BCUT2D eigenvalue weighted by atomic mass is 32.2. The number of benzene rings is 1. The number of anilines is 2. The zero-order valence-corrected chi connectivity index (χ0v) is 13.1. The summed E-state index contributed by atoms with van der Waals surface area (Å²) in [7, 11) is -3.19. The molecule has 1 aromatic rings. The molecule has 0 aromatic heterocycles. The highest BCUT2D eigenvalue weighted by Gasteiger charge is 2.35. The van der Waals surface area contributed by atoms with Gasteiger partial charge in [0.25, 0.3) is 0 Å². The molecule has 3 atom stereocenters. The van der Waals surface area contributed by atoms with Crippen LogP contribution in [-0.4, -0.2) is 20.7 Å². The largest absolute Gasteiger partial charge is 0.385 e. The highest BCUT2D eigenvalue weighted by Crippen LogP contribution is 2.43. The van der Waals surface area contributed by atoms with E-state index in [1.807, 2.05) is 12.1 Å². The van der Waals surface area contributed by atoms with Crippen molar-refractivity contribution in [2.45, 2.75) is 19.8 Å². The summed E-state index contributed by atoms with van der Waals surface area (Å²) >= 11 is 0. The average molecular weight is 306 g/mol. The lowest BCUT2D eigenvalue weighted by Gasteiger charge is -2.19. The summed E-state index contributed by atoms with van der Waals surface area (Å²) in [6.07, 6.45) is 7.34. The molecule has 5 heteroatoms. The first kappa shape index (κ1) is 14.4. The lowest BCUT2D eigenvalue weighted by atomic mass is 9.93. The van der Waals surface area contributed by atoms with Gasteiger partial charge in [-0.05, 0) is 61.8 Å². The second-order valence-corrected chi connectivity index (χ2v) is 8.02. The second-order valence-electron chi connectivity index (χ2n) is 6.00. The van der Waals surface area contributed by atoms with Crippen LogP contribution in [0, 0.1) is 17.8 Å². The smallest absolute Gasteiger partial charge is 0.232 e. The van der Waals surface area contributed by atoms with Crippen LogP contribution in [-0.2, 0) is 10.0 Å². The van der Waals surface area contributed by atoms with E-state index in [1.165, 1.54) is 12.8 Å². The highest BCUT2D eigenvalue weighted by molar-refractivity contribution is 7.92. The van der Waals surface area contributed by atoms with E-state index < -0.39 is 10.0 Å². The third-order valence-corrected chi connectivity index (χ3v) is 5.83. The summed E-state index contributed by atoms with van der Waals surface area (Å²) in [5.41, 5.74) is 1.66. The lowest BCUT2D eigenvalue weighted by Crippen LogP contribution is -2.18. The Morgan fingerprint density at radius 1 is 1.10 bits per heavy atom. The summed E-state index contributed by atoms with van der Waals surface area (Å²) in [5, 5.41) is 3.46. The first-order chi connectivity index (χ1) is 10.1. The average Bonchev–Trinajstić information content (AvgIpc) is 3.09. The van der Waals surface area contributed by atoms with E-state index in [1.54, 1.807) is 19.1 Å². The van der Waals surface area contributed by atoms with Gasteiger partial charge in [-0.25, -0.2) is 8.42 Å². The predicted molar refractivity (Wildman–Crippen MR) is 86.9 cm³/mol. The molecule has 2 N–H and O–H groups in total. The fourth-order valence-electron chi connectivity index (χ4n) is 3.29. The Labute approximate surface area is 126 Å². The van der Waals surface area contributed by atoms with E-state index in [9.17, 15) is 8.42 Å². The minimum Gasteiger partial charge on any atom is -0.385 e. The molecule has 1 fully saturated rings. The van der Waals surface area contributed by atoms with Gasteiger partial charge < -0.3 is 5.32 Å². The van der Waals surface area contributed by atoms with Crippen molar-refractivity contribution < 1.29 is 8.42 Å². The molecule has 0 saturated heterocycles. The van der Waals surface area contributed by atoms with Gasteiger partial charge in [-0.15, -0.1) is 0 Å². The van der Waals surface area contributed by atoms with Crippen molar-refractivity contribution in [3.05, 3.63) is 36.4 Å². The maximum absolute atomic E-state index is 11.5. The number of nitrogens with one attached hydrogen (secondary N) is 2. The lowest BCUT2D eigenvalue weighted by molar-refractivity contribution is 0.472. The van der Waals surface area contributed by atoms with Crippen LogP contribution in [0.1, 0.15) is 19.8 Å². The van der Waals surface area contributed by atoms with Crippen molar-refractivity contribution in [1.82, 2.24) is 0 Å². The van der Waals surface area contributed by atoms with Crippen LogP contribution in [0.3, 0.4) is 0 Å². The van der Waals surface area contributed by atoms with E-state index in [4.69, 9.17) is 0 Å². The van der Waals surface area contributed by atoms with Gasteiger partial charge in [-0.1, -0.05) is 12.2 Å². The molecule has 0 radical (unpaired) electrons. The Bertz CT molecular complexity index is 622. The molecule has 0 spiro atoms. The molecule has 1 saturated carbocycles. The molecule has 3 unspecified atom stereocenters. The first-order valence-electron chi connectivity index (χ1n) is 7.58. The van der Waals surface area contributed by atoms with Crippen LogP contribution in [0.25, 0.3) is 0 Å². The number of sulfonamides is 1. The van der Waals surface area contributed by atoms with E-state index in [2.05, 4.69) is 22.2 Å². The SMILES string of the molecule is CCS(=O)(=O)Nc1ccc(NCC2CC3C=CC2C3)cc1. The van der Waals surface area contributed by atoms with Crippen LogP contribution in [0.4, 0.5) is 11.4 Å². The molecule has 0 amide bonds. The van der Waals surface area contributed by atoms with Gasteiger partial charge in [0, 0.05) is 17.9 Å². The quantitative estimate of drug-likeness (QED) is 0.794. The zero-order chi connectivity index (χ0) is 14.9. The van der Waals surface area contributed by atoms with Crippen LogP contribution in [0.2, 0.25) is 0 Å². The molecule has 21 heavy (non-hydrogen) atoms. The van der Waals surface area contributed by atoms with Crippen molar-refractivity contribution in [2.75, 3.05) is 22.3 Å². The fourth-order valence-corrected chi connectivity index (χ4v) is 3.93. The number of hydrogen-bond donors (Lipinski definition) is 2. The Kier molecular flexibility index (Phi) is 3.93. The van der Waals surface area contributed by atoms with E-state index >= 15 is 0 Å². The van der Waals surface area contributed by atoms with Gasteiger partial charge in [0.2, 0.25) is 10.0 Å². The standard InChI is InChI=1S/C16H22N2O2S/c1-2-21(19,20)18-16-7-5-15(6-8-16)17-11-14-10-12-3-4-13(14)9-12/h3-8,12-14,17-18H,2,9-11H2,1H3. The Morgan fingerprint density at radius 2 is 1.81 bits per heavy atom. The Hall–Kier alpha value is -1.49. The van der Waals surface area contributed by atoms with E-state index in [0.717, 1.165) is 30.0 Å². The van der Waals surface area contributed by atoms with Crippen molar-refractivity contribution >= 4 is 21.4 Å². The van der Waals surface area contributed by atoms with E-state index in [-0.39, 0.29) is 5.75 Å². The molecule has 2 bridgehead atoms. The third kappa shape index (κ3) is 3.40.